The Labute approximate surface area is 185 Å². The van der Waals surface area contributed by atoms with Gasteiger partial charge in [-0.05, 0) is 57.4 Å². The average Bonchev–Trinajstić information content (AvgIpc) is 3.42. The third-order valence-corrected chi connectivity index (χ3v) is 6.22. The van der Waals surface area contributed by atoms with Crippen molar-refractivity contribution in [1.29, 1.82) is 0 Å². The maximum atomic E-state index is 13.3. The van der Waals surface area contributed by atoms with Crippen LogP contribution in [0.3, 0.4) is 0 Å². The van der Waals surface area contributed by atoms with Crippen molar-refractivity contribution in [2.75, 3.05) is 26.8 Å². The van der Waals surface area contributed by atoms with Gasteiger partial charge in [-0.2, -0.15) is 4.98 Å². The molecule has 3 heterocycles. The van der Waals surface area contributed by atoms with Gasteiger partial charge < -0.3 is 18.7 Å². The minimum absolute atomic E-state index is 0.0168. The molecule has 1 aromatic carbocycles. The van der Waals surface area contributed by atoms with Gasteiger partial charge in [0.2, 0.25) is 5.91 Å². The molecule has 0 bridgehead atoms. The van der Waals surface area contributed by atoms with E-state index in [4.69, 9.17) is 13.8 Å². The molecule has 2 aromatic heterocycles. The summed E-state index contributed by atoms with van der Waals surface area (Å²) in [5, 5.41) is 8.21. The third-order valence-electron chi connectivity index (χ3n) is 6.22. The van der Waals surface area contributed by atoms with E-state index in [-0.39, 0.29) is 18.1 Å². The zero-order chi connectivity index (χ0) is 22.7. The molecule has 1 unspecified atom stereocenters. The van der Waals surface area contributed by atoms with Crippen molar-refractivity contribution >= 4 is 5.91 Å². The van der Waals surface area contributed by atoms with Gasteiger partial charge >= 0.3 is 0 Å². The Morgan fingerprint density at radius 1 is 1.22 bits per heavy atom. The van der Waals surface area contributed by atoms with Gasteiger partial charge in [-0.15, -0.1) is 0 Å². The number of carbonyl (C=O) groups excluding carboxylic acids is 1. The molecular weight excluding hydrogens is 415 g/mol. The molecule has 1 amide bonds. The molecule has 0 radical (unpaired) electrons. The van der Waals surface area contributed by atoms with Crippen LogP contribution in [0.4, 0.5) is 4.39 Å². The third kappa shape index (κ3) is 4.43. The number of halogens is 1. The Kier molecular flexibility index (Phi) is 6.36. The molecule has 0 aliphatic carbocycles. The average molecular weight is 442 g/mol. The fourth-order valence-corrected chi connectivity index (χ4v) is 4.31. The second kappa shape index (κ2) is 9.20. The lowest BCUT2D eigenvalue weighted by molar-refractivity contribution is -0.133. The van der Waals surface area contributed by atoms with Crippen molar-refractivity contribution in [3.63, 3.8) is 0 Å². The zero-order valence-electron chi connectivity index (χ0n) is 18.6. The van der Waals surface area contributed by atoms with Crippen molar-refractivity contribution in [3.8, 4) is 11.5 Å². The number of hydrogen-bond donors (Lipinski definition) is 0. The second-order valence-electron chi connectivity index (χ2n) is 8.35. The van der Waals surface area contributed by atoms with Crippen molar-refractivity contribution in [2.24, 2.45) is 0 Å². The smallest absolute Gasteiger partial charge is 0.257 e. The van der Waals surface area contributed by atoms with Crippen LogP contribution in [0.2, 0.25) is 0 Å². The summed E-state index contributed by atoms with van der Waals surface area (Å²) in [5.74, 6) is 1.23. The molecule has 1 fully saturated rings. The number of aryl methyl sites for hydroxylation is 2. The van der Waals surface area contributed by atoms with E-state index in [2.05, 4.69) is 15.3 Å². The number of methoxy groups -OCH3 is 1. The van der Waals surface area contributed by atoms with Crippen LogP contribution in [-0.2, 0) is 21.4 Å². The van der Waals surface area contributed by atoms with Gasteiger partial charge in [-0.3, -0.25) is 4.79 Å². The van der Waals surface area contributed by atoms with Crippen molar-refractivity contribution < 1.29 is 23.0 Å². The van der Waals surface area contributed by atoms with Gasteiger partial charge in [0.05, 0.1) is 17.5 Å². The molecule has 4 rings (SSSR count). The van der Waals surface area contributed by atoms with Gasteiger partial charge in [0, 0.05) is 37.9 Å². The fraction of sp³-hybridized carbons (Fsp3) is 0.478. The summed E-state index contributed by atoms with van der Waals surface area (Å²) in [6.45, 7) is 5.30. The maximum Gasteiger partial charge on any atom is 0.257 e. The molecule has 0 spiro atoms. The largest absolute Gasteiger partial charge is 0.385 e. The minimum Gasteiger partial charge on any atom is -0.385 e. The van der Waals surface area contributed by atoms with Gasteiger partial charge in [-0.25, -0.2) is 4.39 Å². The number of piperidine rings is 1. The van der Waals surface area contributed by atoms with Gasteiger partial charge in [0.25, 0.3) is 5.89 Å². The number of likely N-dealkylation sites (tertiary alicyclic amines) is 1. The first-order valence-corrected chi connectivity index (χ1v) is 10.7. The molecule has 0 saturated carbocycles. The number of amides is 1. The van der Waals surface area contributed by atoms with E-state index in [9.17, 15) is 9.18 Å². The Hall–Kier alpha value is -3.07. The first kappa shape index (κ1) is 22.1. The molecular formula is C23H27FN4O4. The number of ether oxygens (including phenoxy) is 1. The highest BCUT2D eigenvalue weighted by Crippen LogP contribution is 2.37. The van der Waals surface area contributed by atoms with Crippen molar-refractivity contribution in [1.82, 2.24) is 20.2 Å². The SMILES string of the molecule is COCCC1(c2noc(-c3ccc(F)cc3)n2)CCCN(C(=O)Cc2c(C)noc2C)C1. The number of nitrogens with zero attached hydrogens (tertiary/aromatic N) is 4. The zero-order valence-corrected chi connectivity index (χ0v) is 18.6. The van der Waals surface area contributed by atoms with Crippen molar-refractivity contribution in [3.05, 3.63) is 52.9 Å². The Bertz CT molecular complexity index is 1060. The summed E-state index contributed by atoms with van der Waals surface area (Å²) >= 11 is 0. The molecule has 0 N–H and O–H groups in total. The molecule has 1 saturated heterocycles. The fourth-order valence-electron chi connectivity index (χ4n) is 4.31. The van der Waals surface area contributed by atoms with Crippen LogP contribution >= 0.6 is 0 Å². The minimum atomic E-state index is -0.482. The summed E-state index contributed by atoms with van der Waals surface area (Å²) in [4.78, 5) is 19.6. The molecule has 1 aliphatic rings. The predicted octanol–water partition coefficient (Wildman–Crippen LogP) is 3.62. The summed E-state index contributed by atoms with van der Waals surface area (Å²) in [7, 11) is 1.65. The quantitative estimate of drug-likeness (QED) is 0.552. The first-order chi connectivity index (χ1) is 15.4. The maximum absolute atomic E-state index is 13.3. The van der Waals surface area contributed by atoms with E-state index in [0.717, 1.165) is 24.1 Å². The number of benzene rings is 1. The molecule has 3 aromatic rings. The molecule has 8 nitrogen and oxygen atoms in total. The van der Waals surface area contributed by atoms with E-state index in [1.54, 1.807) is 19.2 Å². The summed E-state index contributed by atoms with van der Waals surface area (Å²) < 4.78 is 29.3. The number of rotatable bonds is 7. The highest BCUT2D eigenvalue weighted by molar-refractivity contribution is 5.79. The molecule has 9 heteroatoms. The second-order valence-corrected chi connectivity index (χ2v) is 8.35. The topological polar surface area (TPSA) is 94.5 Å². The normalized spacial score (nSPS) is 18.8. The van der Waals surface area contributed by atoms with Gasteiger partial charge in [0.15, 0.2) is 5.82 Å². The Balaban J connectivity index is 1.58. The summed E-state index contributed by atoms with van der Waals surface area (Å²) in [5.41, 5.74) is 1.74. The first-order valence-electron chi connectivity index (χ1n) is 10.7. The van der Waals surface area contributed by atoms with Crippen LogP contribution in [0.1, 0.15) is 42.1 Å². The number of aromatic nitrogens is 3. The van der Waals surface area contributed by atoms with Crippen LogP contribution in [-0.4, -0.2) is 52.9 Å². The van der Waals surface area contributed by atoms with Crippen molar-refractivity contribution in [2.45, 2.75) is 44.9 Å². The Morgan fingerprint density at radius 3 is 2.69 bits per heavy atom. The lowest BCUT2D eigenvalue weighted by atomic mass is 9.76. The van der Waals surface area contributed by atoms with Crippen LogP contribution in [0.25, 0.3) is 11.5 Å². The lowest BCUT2D eigenvalue weighted by Gasteiger charge is -2.41. The highest BCUT2D eigenvalue weighted by Gasteiger charge is 2.42. The highest BCUT2D eigenvalue weighted by atomic mass is 19.1. The van der Waals surface area contributed by atoms with Crippen LogP contribution in [0.5, 0.6) is 0 Å². The van der Waals surface area contributed by atoms with E-state index >= 15 is 0 Å². The van der Waals surface area contributed by atoms with E-state index < -0.39 is 5.41 Å². The molecule has 170 valence electrons. The van der Waals surface area contributed by atoms with Gasteiger partial charge in [0.1, 0.15) is 11.6 Å². The van der Waals surface area contributed by atoms with Crippen LogP contribution in [0, 0.1) is 19.7 Å². The lowest BCUT2D eigenvalue weighted by Crippen LogP contribution is -2.50. The molecule has 1 aliphatic heterocycles. The molecule has 32 heavy (non-hydrogen) atoms. The van der Waals surface area contributed by atoms with E-state index in [0.29, 0.717) is 49.2 Å². The van der Waals surface area contributed by atoms with Crippen LogP contribution < -0.4 is 0 Å². The predicted molar refractivity (Wildman–Crippen MR) is 113 cm³/mol. The van der Waals surface area contributed by atoms with E-state index in [1.165, 1.54) is 12.1 Å². The number of hydrogen-bond acceptors (Lipinski definition) is 7. The van der Waals surface area contributed by atoms with Crippen LogP contribution in [0.15, 0.2) is 33.3 Å². The van der Waals surface area contributed by atoms with E-state index in [1.807, 2.05) is 18.7 Å². The summed E-state index contributed by atoms with van der Waals surface area (Å²) in [6, 6.07) is 5.93. The molecule has 1 atom stereocenters. The van der Waals surface area contributed by atoms with Gasteiger partial charge in [-0.1, -0.05) is 10.3 Å². The summed E-state index contributed by atoms with van der Waals surface area (Å²) in [6.07, 6.45) is 2.53. The standard InChI is InChI=1S/C23H27FN4O4/c1-15-19(16(2)31-26-15)13-20(29)28-11-4-9-23(14-28,10-12-30-3)22-25-21(32-27-22)17-5-7-18(24)8-6-17/h5-8H,4,9-14H2,1-3H3. The monoisotopic (exact) mass is 442 g/mol. The Morgan fingerprint density at radius 2 is 2.00 bits per heavy atom. The number of carbonyl (C=O) groups is 1.